The number of anilines is 1. The number of nitro groups is 1. The molecule has 2 amide bonds. The normalized spacial score (nSPS) is 10.5. The highest BCUT2D eigenvalue weighted by Gasteiger charge is 2.08. The van der Waals surface area contributed by atoms with E-state index in [2.05, 4.69) is 27.7 Å². The van der Waals surface area contributed by atoms with E-state index < -0.39 is 4.92 Å². The molecule has 132 valence electrons. The van der Waals surface area contributed by atoms with Gasteiger partial charge in [-0.25, -0.2) is 4.79 Å². The number of benzene rings is 2. The topological polar surface area (TPSA) is 87.5 Å². The van der Waals surface area contributed by atoms with Gasteiger partial charge in [-0.05, 0) is 31.6 Å². The molecule has 7 heteroatoms. The molecular formula is C18H22N4O3. The second-order valence-electron chi connectivity index (χ2n) is 5.77. The number of nitrogens with zero attached hydrogens (tertiary/aromatic N) is 2. The number of carbonyl (C=O) groups excluding carboxylic acids is 1. The van der Waals surface area contributed by atoms with Crippen molar-refractivity contribution in [1.82, 2.24) is 10.2 Å². The van der Waals surface area contributed by atoms with Gasteiger partial charge in [0.15, 0.2) is 0 Å². The second-order valence-corrected chi connectivity index (χ2v) is 5.77. The Morgan fingerprint density at radius 3 is 2.64 bits per heavy atom. The van der Waals surface area contributed by atoms with Gasteiger partial charge in [-0.3, -0.25) is 10.1 Å². The third kappa shape index (κ3) is 6.60. The number of non-ortho nitro benzene ring substituents is 1. The highest BCUT2D eigenvalue weighted by atomic mass is 16.6. The van der Waals surface area contributed by atoms with Crippen LogP contribution in [0.15, 0.2) is 54.6 Å². The Kier molecular flexibility index (Phi) is 6.91. The molecule has 2 aromatic rings. The summed E-state index contributed by atoms with van der Waals surface area (Å²) in [7, 11) is 2.04. The fraction of sp³-hybridized carbons (Fsp3) is 0.278. The molecule has 0 unspecified atom stereocenters. The highest BCUT2D eigenvalue weighted by Crippen LogP contribution is 2.16. The first-order valence-corrected chi connectivity index (χ1v) is 8.06. The van der Waals surface area contributed by atoms with Crippen LogP contribution in [0, 0.1) is 10.1 Å². The van der Waals surface area contributed by atoms with Crippen molar-refractivity contribution in [3.8, 4) is 0 Å². The van der Waals surface area contributed by atoms with Crippen LogP contribution in [-0.4, -0.2) is 36.0 Å². The Balaban J connectivity index is 1.67. The molecule has 2 aromatic carbocycles. The maximum absolute atomic E-state index is 11.8. The zero-order valence-corrected chi connectivity index (χ0v) is 14.1. The van der Waals surface area contributed by atoms with Gasteiger partial charge in [0.1, 0.15) is 0 Å². The van der Waals surface area contributed by atoms with Crippen LogP contribution in [-0.2, 0) is 6.54 Å². The molecule has 0 spiro atoms. The van der Waals surface area contributed by atoms with E-state index in [1.165, 1.54) is 23.8 Å². The van der Waals surface area contributed by atoms with E-state index in [9.17, 15) is 14.9 Å². The lowest BCUT2D eigenvalue weighted by Crippen LogP contribution is -2.31. The summed E-state index contributed by atoms with van der Waals surface area (Å²) in [6, 6.07) is 15.7. The van der Waals surface area contributed by atoms with Gasteiger partial charge in [-0.15, -0.1) is 0 Å². The summed E-state index contributed by atoms with van der Waals surface area (Å²) in [5, 5.41) is 16.1. The molecule has 0 aliphatic carbocycles. The van der Waals surface area contributed by atoms with E-state index in [1.807, 2.05) is 25.2 Å². The Morgan fingerprint density at radius 2 is 1.92 bits per heavy atom. The van der Waals surface area contributed by atoms with E-state index >= 15 is 0 Å². The number of amides is 2. The van der Waals surface area contributed by atoms with Crippen molar-refractivity contribution >= 4 is 17.4 Å². The number of rotatable bonds is 8. The highest BCUT2D eigenvalue weighted by molar-refractivity contribution is 5.89. The number of nitro benzene ring substituents is 1. The largest absolute Gasteiger partial charge is 0.338 e. The number of nitrogens with one attached hydrogen (secondary N) is 2. The summed E-state index contributed by atoms with van der Waals surface area (Å²) in [5.74, 6) is 0. The van der Waals surface area contributed by atoms with Crippen molar-refractivity contribution in [3.05, 3.63) is 70.3 Å². The molecule has 0 radical (unpaired) electrons. The van der Waals surface area contributed by atoms with Crippen molar-refractivity contribution < 1.29 is 9.72 Å². The summed E-state index contributed by atoms with van der Waals surface area (Å²) in [6.07, 6.45) is 0.811. The molecule has 0 heterocycles. The van der Waals surface area contributed by atoms with Crippen LogP contribution in [0.25, 0.3) is 0 Å². The van der Waals surface area contributed by atoms with Gasteiger partial charge < -0.3 is 15.5 Å². The summed E-state index contributed by atoms with van der Waals surface area (Å²) in [5.41, 5.74) is 1.59. The van der Waals surface area contributed by atoms with Gasteiger partial charge in [0.2, 0.25) is 0 Å². The number of urea groups is 1. The van der Waals surface area contributed by atoms with E-state index in [0.29, 0.717) is 12.2 Å². The molecule has 0 bridgehead atoms. The monoisotopic (exact) mass is 342 g/mol. The standard InChI is InChI=1S/C18H22N4O3/c1-21(14-15-7-3-2-4-8-15)12-6-11-19-18(23)20-16-9-5-10-17(13-16)22(24)25/h2-5,7-10,13H,6,11-12,14H2,1H3,(H2,19,20,23). The maximum atomic E-state index is 11.8. The first-order valence-electron chi connectivity index (χ1n) is 8.06. The number of hydrogen-bond donors (Lipinski definition) is 2. The van der Waals surface area contributed by atoms with E-state index in [-0.39, 0.29) is 11.7 Å². The minimum absolute atomic E-state index is 0.0552. The summed E-state index contributed by atoms with van der Waals surface area (Å²) >= 11 is 0. The molecule has 0 aliphatic heterocycles. The molecule has 25 heavy (non-hydrogen) atoms. The van der Waals surface area contributed by atoms with E-state index in [4.69, 9.17) is 0 Å². The summed E-state index contributed by atoms with van der Waals surface area (Å²) in [6.45, 7) is 2.24. The first-order chi connectivity index (χ1) is 12.0. The van der Waals surface area contributed by atoms with Crippen molar-refractivity contribution in [3.63, 3.8) is 0 Å². The molecule has 0 atom stereocenters. The molecule has 0 fully saturated rings. The molecule has 0 aliphatic rings. The second kappa shape index (κ2) is 9.39. The van der Waals surface area contributed by atoms with Crippen molar-refractivity contribution in [2.75, 3.05) is 25.5 Å². The predicted molar refractivity (Wildman–Crippen MR) is 97.5 cm³/mol. The lowest BCUT2D eigenvalue weighted by Gasteiger charge is -2.16. The van der Waals surface area contributed by atoms with Gasteiger partial charge in [0.25, 0.3) is 5.69 Å². The van der Waals surface area contributed by atoms with Gasteiger partial charge in [-0.2, -0.15) is 0 Å². The third-order valence-electron chi connectivity index (χ3n) is 3.61. The SMILES string of the molecule is CN(CCCNC(=O)Nc1cccc([N+](=O)[O-])c1)Cc1ccccc1. The minimum Gasteiger partial charge on any atom is -0.338 e. The van der Waals surface area contributed by atoms with Crippen molar-refractivity contribution in [2.24, 2.45) is 0 Å². The van der Waals surface area contributed by atoms with Gasteiger partial charge in [-0.1, -0.05) is 36.4 Å². The van der Waals surface area contributed by atoms with Crippen LogP contribution in [0.3, 0.4) is 0 Å². The van der Waals surface area contributed by atoms with Crippen LogP contribution in [0.2, 0.25) is 0 Å². The fourth-order valence-corrected chi connectivity index (χ4v) is 2.40. The quantitative estimate of drug-likeness (QED) is 0.438. The lowest BCUT2D eigenvalue weighted by molar-refractivity contribution is -0.384. The predicted octanol–water partition coefficient (Wildman–Crippen LogP) is 3.24. The molecule has 2 rings (SSSR count). The van der Waals surface area contributed by atoms with Crippen LogP contribution in [0.1, 0.15) is 12.0 Å². The summed E-state index contributed by atoms with van der Waals surface area (Å²) in [4.78, 5) is 24.2. The molecule has 2 N–H and O–H groups in total. The summed E-state index contributed by atoms with van der Waals surface area (Å²) < 4.78 is 0. The third-order valence-corrected chi connectivity index (χ3v) is 3.61. The first kappa shape index (κ1) is 18.4. The van der Waals surface area contributed by atoms with Gasteiger partial charge in [0.05, 0.1) is 4.92 Å². The van der Waals surface area contributed by atoms with Crippen LogP contribution < -0.4 is 10.6 Å². The van der Waals surface area contributed by atoms with Gasteiger partial charge in [0, 0.05) is 30.9 Å². The van der Waals surface area contributed by atoms with Crippen LogP contribution in [0.5, 0.6) is 0 Å². The Morgan fingerprint density at radius 1 is 1.16 bits per heavy atom. The molecule has 0 saturated carbocycles. The van der Waals surface area contributed by atoms with Gasteiger partial charge >= 0.3 is 6.03 Å². The smallest absolute Gasteiger partial charge is 0.319 e. The molecule has 0 aromatic heterocycles. The van der Waals surface area contributed by atoms with Crippen molar-refractivity contribution in [1.29, 1.82) is 0 Å². The maximum Gasteiger partial charge on any atom is 0.319 e. The zero-order valence-electron chi connectivity index (χ0n) is 14.1. The molecule has 0 saturated heterocycles. The number of carbonyl (C=O) groups is 1. The fourth-order valence-electron chi connectivity index (χ4n) is 2.40. The minimum atomic E-state index is -0.494. The van der Waals surface area contributed by atoms with Crippen LogP contribution in [0.4, 0.5) is 16.2 Å². The van der Waals surface area contributed by atoms with Crippen LogP contribution >= 0.6 is 0 Å². The van der Waals surface area contributed by atoms with E-state index in [0.717, 1.165) is 19.5 Å². The number of hydrogen-bond acceptors (Lipinski definition) is 4. The van der Waals surface area contributed by atoms with E-state index in [1.54, 1.807) is 6.07 Å². The average Bonchev–Trinajstić information content (AvgIpc) is 2.60. The molecule has 7 nitrogen and oxygen atoms in total. The van der Waals surface area contributed by atoms with Crippen molar-refractivity contribution in [2.45, 2.75) is 13.0 Å². The Labute approximate surface area is 146 Å². The molecular weight excluding hydrogens is 320 g/mol. The Hall–Kier alpha value is -2.93. The lowest BCUT2D eigenvalue weighted by atomic mass is 10.2. The Bertz CT molecular complexity index is 706. The average molecular weight is 342 g/mol. The zero-order chi connectivity index (χ0) is 18.1.